The molecule has 25 heavy (non-hydrogen) atoms. The molecule has 1 aliphatic heterocycles. The van der Waals surface area contributed by atoms with Crippen LogP contribution in [0.1, 0.15) is 23.2 Å². The second kappa shape index (κ2) is 7.33. The summed E-state index contributed by atoms with van der Waals surface area (Å²) in [5, 5.41) is 2.79. The lowest BCUT2D eigenvalue weighted by atomic mass is 10.1. The molecule has 5 nitrogen and oxygen atoms in total. The van der Waals surface area contributed by atoms with Gasteiger partial charge in [-0.05, 0) is 37.1 Å². The molecule has 0 unspecified atom stereocenters. The fourth-order valence-electron chi connectivity index (χ4n) is 2.89. The van der Waals surface area contributed by atoms with Crippen molar-refractivity contribution in [3.05, 3.63) is 66.0 Å². The van der Waals surface area contributed by atoms with E-state index >= 15 is 0 Å². The average Bonchev–Trinajstić information content (AvgIpc) is 2.63. The highest BCUT2D eigenvalue weighted by Gasteiger charge is 2.30. The number of hydrogen-bond donors (Lipinski definition) is 1. The summed E-state index contributed by atoms with van der Waals surface area (Å²) in [6.45, 7) is 0.638. The molecule has 0 atom stereocenters. The van der Waals surface area contributed by atoms with Crippen LogP contribution in [0.5, 0.6) is 0 Å². The average molecular weight is 362 g/mol. The molecule has 0 aliphatic carbocycles. The summed E-state index contributed by atoms with van der Waals surface area (Å²) in [6.07, 6.45) is 0.985. The highest BCUT2D eigenvalue weighted by Crippen LogP contribution is 2.21. The molecule has 132 valence electrons. The number of amides is 1. The van der Waals surface area contributed by atoms with Gasteiger partial charge >= 0.3 is 0 Å². The third-order valence-corrected chi connectivity index (χ3v) is 6.20. The molecule has 0 aromatic heterocycles. The Morgan fingerprint density at radius 3 is 2.24 bits per heavy atom. The van der Waals surface area contributed by atoms with Gasteiger partial charge in [-0.2, -0.15) is 4.31 Å². The first-order valence-corrected chi connectivity index (χ1v) is 9.53. The van der Waals surface area contributed by atoms with Crippen LogP contribution < -0.4 is 5.32 Å². The van der Waals surface area contributed by atoms with E-state index in [-0.39, 0.29) is 16.5 Å². The van der Waals surface area contributed by atoms with Crippen molar-refractivity contribution < 1.29 is 17.6 Å². The summed E-state index contributed by atoms with van der Waals surface area (Å²) >= 11 is 0. The summed E-state index contributed by atoms with van der Waals surface area (Å²) in [5.41, 5.74) is 0.00170. The van der Waals surface area contributed by atoms with Gasteiger partial charge in [-0.15, -0.1) is 0 Å². The number of nitrogens with one attached hydrogen (secondary N) is 1. The molecule has 2 aromatic rings. The number of nitrogens with zero attached hydrogens (tertiary/aromatic N) is 1. The third kappa shape index (κ3) is 3.88. The van der Waals surface area contributed by atoms with Crippen LogP contribution in [-0.2, 0) is 10.0 Å². The van der Waals surface area contributed by atoms with Crippen molar-refractivity contribution in [3.8, 4) is 0 Å². The van der Waals surface area contributed by atoms with Gasteiger partial charge in [-0.25, -0.2) is 12.8 Å². The minimum atomic E-state index is -3.51. The monoisotopic (exact) mass is 362 g/mol. The van der Waals surface area contributed by atoms with Crippen LogP contribution in [-0.4, -0.2) is 37.8 Å². The molecular weight excluding hydrogens is 343 g/mol. The van der Waals surface area contributed by atoms with Gasteiger partial charge in [-0.1, -0.05) is 30.3 Å². The molecule has 2 aromatic carbocycles. The van der Waals surface area contributed by atoms with Crippen LogP contribution in [0.25, 0.3) is 0 Å². The molecule has 1 fully saturated rings. The Labute approximate surface area is 146 Å². The number of rotatable bonds is 4. The number of benzene rings is 2. The van der Waals surface area contributed by atoms with Crippen molar-refractivity contribution in [2.75, 3.05) is 13.1 Å². The summed E-state index contributed by atoms with van der Waals surface area (Å²) in [5.74, 6) is -1.04. The van der Waals surface area contributed by atoms with E-state index in [1.54, 1.807) is 36.4 Å². The van der Waals surface area contributed by atoms with Crippen molar-refractivity contribution in [2.45, 2.75) is 23.8 Å². The molecule has 0 bridgehead atoms. The number of halogens is 1. The van der Waals surface area contributed by atoms with E-state index in [1.165, 1.54) is 22.5 Å². The van der Waals surface area contributed by atoms with Gasteiger partial charge in [0.1, 0.15) is 5.82 Å². The Hall–Kier alpha value is -2.25. The highest BCUT2D eigenvalue weighted by atomic mass is 32.2. The molecular formula is C18H19FN2O3S. The fourth-order valence-corrected chi connectivity index (χ4v) is 4.38. The van der Waals surface area contributed by atoms with Crippen LogP contribution in [0.4, 0.5) is 4.39 Å². The van der Waals surface area contributed by atoms with Crippen molar-refractivity contribution in [3.63, 3.8) is 0 Å². The molecule has 1 saturated heterocycles. The zero-order valence-electron chi connectivity index (χ0n) is 13.6. The summed E-state index contributed by atoms with van der Waals surface area (Å²) in [7, 11) is -3.51. The van der Waals surface area contributed by atoms with Gasteiger partial charge in [0.25, 0.3) is 5.91 Å². The maximum absolute atomic E-state index is 13.7. The van der Waals surface area contributed by atoms with Crippen LogP contribution in [0.15, 0.2) is 59.5 Å². The number of piperidine rings is 1. The first-order chi connectivity index (χ1) is 12.0. The standard InChI is InChI=1S/C18H19FN2O3S/c19-17-9-5-4-8-16(17)18(22)20-14-10-12-21(13-11-14)25(23,24)15-6-2-1-3-7-15/h1-9,14H,10-13H2,(H,20,22). The van der Waals surface area contributed by atoms with Crippen molar-refractivity contribution in [1.82, 2.24) is 9.62 Å². The van der Waals surface area contributed by atoms with E-state index in [4.69, 9.17) is 0 Å². The first-order valence-electron chi connectivity index (χ1n) is 8.09. The van der Waals surface area contributed by atoms with Gasteiger partial charge in [-0.3, -0.25) is 4.79 Å². The Morgan fingerprint density at radius 1 is 1.00 bits per heavy atom. The molecule has 1 aliphatic rings. The Balaban J connectivity index is 1.61. The third-order valence-electron chi connectivity index (χ3n) is 4.29. The minimum absolute atomic E-state index is 0.00170. The Kier molecular flexibility index (Phi) is 5.15. The van der Waals surface area contributed by atoms with Crippen molar-refractivity contribution in [1.29, 1.82) is 0 Å². The van der Waals surface area contributed by atoms with Gasteiger partial charge in [0.2, 0.25) is 10.0 Å². The molecule has 1 heterocycles. The Bertz CT molecular complexity index is 848. The topological polar surface area (TPSA) is 66.5 Å². The second-order valence-corrected chi connectivity index (χ2v) is 7.88. The maximum Gasteiger partial charge on any atom is 0.254 e. The molecule has 0 spiro atoms. The molecule has 0 radical (unpaired) electrons. The number of sulfonamides is 1. The van der Waals surface area contributed by atoms with E-state index in [0.717, 1.165) is 0 Å². The smallest absolute Gasteiger partial charge is 0.254 e. The first kappa shape index (κ1) is 17.6. The molecule has 1 N–H and O–H groups in total. The van der Waals surface area contributed by atoms with Gasteiger partial charge in [0.15, 0.2) is 0 Å². The molecule has 7 heteroatoms. The fraction of sp³-hybridized carbons (Fsp3) is 0.278. The predicted molar refractivity (Wildman–Crippen MR) is 92.1 cm³/mol. The largest absolute Gasteiger partial charge is 0.349 e. The van der Waals surface area contributed by atoms with Crippen LogP contribution in [0.3, 0.4) is 0 Å². The Morgan fingerprint density at radius 2 is 1.60 bits per heavy atom. The van der Waals surface area contributed by atoms with Crippen LogP contribution >= 0.6 is 0 Å². The lowest BCUT2D eigenvalue weighted by Gasteiger charge is -2.31. The lowest BCUT2D eigenvalue weighted by molar-refractivity contribution is 0.0920. The van der Waals surface area contributed by atoms with Gasteiger partial charge in [0.05, 0.1) is 10.5 Å². The van der Waals surface area contributed by atoms with E-state index < -0.39 is 21.7 Å². The van der Waals surface area contributed by atoms with E-state index in [2.05, 4.69) is 5.32 Å². The summed E-state index contributed by atoms with van der Waals surface area (Å²) < 4.78 is 40.2. The summed E-state index contributed by atoms with van der Waals surface area (Å²) in [4.78, 5) is 12.4. The maximum atomic E-state index is 13.7. The number of carbonyl (C=O) groups is 1. The number of carbonyl (C=O) groups excluding carboxylic acids is 1. The van der Waals surface area contributed by atoms with E-state index in [1.807, 2.05) is 0 Å². The predicted octanol–water partition coefficient (Wildman–Crippen LogP) is 2.41. The van der Waals surface area contributed by atoms with Crippen LogP contribution in [0.2, 0.25) is 0 Å². The van der Waals surface area contributed by atoms with E-state index in [0.29, 0.717) is 25.9 Å². The lowest BCUT2D eigenvalue weighted by Crippen LogP contribution is -2.46. The second-order valence-electron chi connectivity index (χ2n) is 5.94. The zero-order chi connectivity index (χ0) is 17.9. The van der Waals surface area contributed by atoms with Crippen molar-refractivity contribution >= 4 is 15.9 Å². The highest BCUT2D eigenvalue weighted by molar-refractivity contribution is 7.89. The zero-order valence-corrected chi connectivity index (χ0v) is 14.4. The van der Waals surface area contributed by atoms with Crippen LogP contribution in [0, 0.1) is 5.82 Å². The molecule has 1 amide bonds. The SMILES string of the molecule is O=C(NC1CCN(S(=O)(=O)c2ccccc2)CC1)c1ccccc1F. The van der Waals surface area contributed by atoms with Crippen molar-refractivity contribution in [2.24, 2.45) is 0 Å². The molecule has 3 rings (SSSR count). The van der Waals surface area contributed by atoms with Gasteiger partial charge < -0.3 is 5.32 Å². The quantitative estimate of drug-likeness (QED) is 0.908. The normalized spacial score (nSPS) is 16.5. The minimum Gasteiger partial charge on any atom is -0.349 e. The van der Waals surface area contributed by atoms with E-state index in [9.17, 15) is 17.6 Å². The molecule has 0 saturated carbocycles. The summed E-state index contributed by atoms with van der Waals surface area (Å²) in [6, 6.07) is 13.9. The number of hydrogen-bond acceptors (Lipinski definition) is 3. The van der Waals surface area contributed by atoms with Gasteiger partial charge in [0, 0.05) is 19.1 Å².